The summed E-state index contributed by atoms with van der Waals surface area (Å²) in [5.41, 5.74) is 1.45. The fourth-order valence-electron chi connectivity index (χ4n) is 2.25. The van der Waals surface area contributed by atoms with Gasteiger partial charge in [-0.15, -0.1) is 0 Å². The van der Waals surface area contributed by atoms with Crippen LogP contribution in [0.5, 0.6) is 0 Å². The maximum absolute atomic E-state index is 13.1. The lowest BCUT2D eigenvalue weighted by Crippen LogP contribution is -2.27. The number of anilines is 1. The number of nitrogens with one attached hydrogen (secondary N) is 1. The first-order chi connectivity index (χ1) is 11.1. The Morgan fingerprint density at radius 3 is 2.48 bits per heavy atom. The Morgan fingerprint density at radius 2 is 1.83 bits per heavy atom. The van der Waals surface area contributed by atoms with Gasteiger partial charge >= 0.3 is 0 Å². The van der Waals surface area contributed by atoms with E-state index in [9.17, 15) is 13.6 Å². The van der Waals surface area contributed by atoms with E-state index >= 15 is 0 Å². The zero-order chi connectivity index (χ0) is 16.7. The summed E-state index contributed by atoms with van der Waals surface area (Å²) < 4.78 is 26.0. The number of carbonyl (C=O) groups excluding carboxylic acids is 1. The first-order valence-electron chi connectivity index (χ1n) is 7.59. The highest BCUT2D eigenvalue weighted by molar-refractivity contribution is 5.90. The highest BCUT2D eigenvalue weighted by atomic mass is 19.2. The second kappa shape index (κ2) is 8.39. The molecular formula is C18H20F2N2O. The van der Waals surface area contributed by atoms with Crippen molar-refractivity contribution in [3.05, 3.63) is 65.7 Å². The van der Waals surface area contributed by atoms with Crippen molar-refractivity contribution in [2.45, 2.75) is 19.9 Å². The van der Waals surface area contributed by atoms with E-state index in [1.165, 1.54) is 11.6 Å². The standard InChI is InChI=1S/C18H20F2N2O/c1-2-22(13-14-6-4-3-5-7-14)11-10-18(23)21-15-8-9-16(19)17(20)12-15/h3-9,12H,2,10-11,13H2,1H3,(H,21,23). The smallest absolute Gasteiger partial charge is 0.225 e. The summed E-state index contributed by atoms with van der Waals surface area (Å²) >= 11 is 0. The Balaban J connectivity index is 1.83. The van der Waals surface area contributed by atoms with Gasteiger partial charge in [-0.05, 0) is 24.2 Å². The number of rotatable bonds is 7. The van der Waals surface area contributed by atoms with Gasteiger partial charge in [0.15, 0.2) is 11.6 Å². The van der Waals surface area contributed by atoms with Crippen molar-refractivity contribution in [2.24, 2.45) is 0 Å². The fraction of sp³-hybridized carbons (Fsp3) is 0.278. The quantitative estimate of drug-likeness (QED) is 0.842. The predicted molar refractivity (Wildman–Crippen MR) is 87.0 cm³/mol. The topological polar surface area (TPSA) is 32.3 Å². The highest BCUT2D eigenvalue weighted by Gasteiger charge is 2.09. The molecule has 0 saturated carbocycles. The number of hydrogen-bond acceptors (Lipinski definition) is 2. The molecule has 0 fully saturated rings. The van der Waals surface area contributed by atoms with Gasteiger partial charge in [-0.25, -0.2) is 8.78 Å². The number of hydrogen-bond donors (Lipinski definition) is 1. The molecule has 1 N–H and O–H groups in total. The average Bonchev–Trinajstić information content (AvgIpc) is 2.56. The third-order valence-corrected chi connectivity index (χ3v) is 3.55. The van der Waals surface area contributed by atoms with E-state index in [4.69, 9.17) is 0 Å². The summed E-state index contributed by atoms with van der Waals surface area (Å²) in [6.07, 6.45) is 0.291. The predicted octanol–water partition coefficient (Wildman–Crippen LogP) is 3.82. The number of halogens is 2. The lowest BCUT2D eigenvalue weighted by molar-refractivity contribution is -0.116. The van der Waals surface area contributed by atoms with Crippen molar-refractivity contribution in [2.75, 3.05) is 18.4 Å². The number of amides is 1. The van der Waals surface area contributed by atoms with E-state index < -0.39 is 11.6 Å². The van der Waals surface area contributed by atoms with Gasteiger partial charge in [0.25, 0.3) is 0 Å². The maximum atomic E-state index is 13.1. The molecule has 0 radical (unpaired) electrons. The Kier molecular flexibility index (Phi) is 6.23. The molecule has 5 heteroatoms. The van der Waals surface area contributed by atoms with E-state index in [2.05, 4.69) is 10.2 Å². The van der Waals surface area contributed by atoms with Crippen LogP contribution in [-0.4, -0.2) is 23.9 Å². The van der Waals surface area contributed by atoms with Gasteiger partial charge in [-0.3, -0.25) is 9.69 Å². The molecule has 0 bridgehead atoms. The Morgan fingerprint density at radius 1 is 1.09 bits per heavy atom. The molecule has 2 aromatic rings. The van der Waals surface area contributed by atoms with Crippen molar-refractivity contribution in [3.63, 3.8) is 0 Å². The van der Waals surface area contributed by atoms with Gasteiger partial charge in [0, 0.05) is 31.3 Å². The largest absolute Gasteiger partial charge is 0.326 e. The van der Waals surface area contributed by atoms with Gasteiger partial charge in [-0.1, -0.05) is 37.3 Å². The monoisotopic (exact) mass is 318 g/mol. The van der Waals surface area contributed by atoms with Crippen LogP contribution in [0.1, 0.15) is 18.9 Å². The summed E-state index contributed by atoms with van der Waals surface area (Å²) in [4.78, 5) is 14.1. The first-order valence-corrected chi connectivity index (χ1v) is 7.59. The van der Waals surface area contributed by atoms with E-state index in [1.54, 1.807) is 0 Å². The van der Waals surface area contributed by atoms with Gasteiger partial charge < -0.3 is 5.32 Å². The number of nitrogens with zero attached hydrogens (tertiary/aromatic N) is 1. The molecule has 2 aromatic carbocycles. The minimum atomic E-state index is -0.970. The molecule has 0 atom stereocenters. The lowest BCUT2D eigenvalue weighted by Gasteiger charge is -2.20. The molecule has 0 unspecified atom stereocenters. The maximum Gasteiger partial charge on any atom is 0.225 e. The Labute approximate surface area is 134 Å². The van der Waals surface area contributed by atoms with Gasteiger partial charge in [0.2, 0.25) is 5.91 Å². The Bertz CT molecular complexity index is 647. The van der Waals surface area contributed by atoms with Crippen LogP contribution in [0.4, 0.5) is 14.5 Å². The molecule has 2 rings (SSSR count). The molecule has 0 spiro atoms. The van der Waals surface area contributed by atoms with Crippen LogP contribution in [0, 0.1) is 11.6 Å². The molecule has 0 aliphatic heterocycles. The molecule has 3 nitrogen and oxygen atoms in total. The minimum absolute atomic E-state index is 0.220. The van der Waals surface area contributed by atoms with E-state index in [-0.39, 0.29) is 11.6 Å². The van der Waals surface area contributed by atoms with E-state index in [1.807, 2.05) is 37.3 Å². The summed E-state index contributed by atoms with van der Waals surface area (Å²) in [5, 5.41) is 2.58. The second-order valence-electron chi connectivity index (χ2n) is 5.28. The third-order valence-electron chi connectivity index (χ3n) is 3.55. The van der Waals surface area contributed by atoms with Crippen LogP contribution in [0.2, 0.25) is 0 Å². The lowest BCUT2D eigenvalue weighted by atomic mass is 10.2. The van der Waals surface area contributed by atoms with Crippen molar-refractivity contribution >= 4 is 11.6 Å². The summed E-state index contributed by atoms with van der Waals surface area (Å²) in [7, 11) is 0. The number of benzene rings is 2. The van der Waals surface area contributed by atoms with E-state index in [0.29, 0.717) is 13.0 Å². The van der Waals surface area contributed by atoms with Crippen molar-refractivity contribution in [1.29, 1.82) is 0 Å². The van der Waals surface area contributed by atoms with Crippen LogP contribution < -0.4 is 5.32 Å². The minimum Gasteiger partial charge on any atom is -0.326 e. The second-order valence-corrected chi connectivity index (χ2v) is 5.28. The van der Waals surface area contributed by atoms with Crippen LogP contribution in [-0.2, 0) is 11.3 Å². The van der Waals surface area contributed by atoms with Crippen molar-refractivity contribution < 1.29 is 13.6 Å². The molecule has 0 aromatic heterocycles. The molecule has 1 amide bonds. The molecule has 0 saturated heterocycles. The van der Waals surface area contributed by atoms with Crippen LogP contribution in [0.15, 0.2) is 48.5 Å². The molecule has 0 heterocycles. The van der Waals surface area contributed by atoms with Crippen LogP contribution in [0.25, 0.3) is 0 Å². The molecule has 0 aliphatic carbocycles. The van der Waals surface area contributed by atoms with Crippen molar-refractivity contribution in [3.8, 4) is 0 Å². The molecule has 122 valence electrons. The highest BCUT2D eigenvalue weighted by Crippen LogP contribution is 2.13. The molecule has 23 heavy (non-hydrogen) atoms. The van der Waals surface area contributed by atoms with Crippen LogP contribution >= 0.6 is 0 Å². The number of carbonyl (C=O) groups is 1. The van der Waals surface area contributed by atoms with Crippen molar-refractivity contribution in [1.82, 2.24) is 4.90 Å². The summed E-state index contributed by atoms with van der Waals surface area (Å²) in [6.45, 7) is 4.24. The van der Waals surface area contributed by atoms with Gasteiger partial charge in [0.05, 0.1) is 0 Å². The van der Waals surface area contributed by atoms with E-state index in [0.717, 1.165) is 25.2 Å². The summed E-state index contributed by atoms with van der Waals surface area (Å²) in [5.74, 6) is -2.12. The SMILES string of the molecule is CCN(CCC(=O)Nc1ccc(F)c(F)c1)Cc1ccccc1. The van der Waals surface area contributed by atoms with Gasteiger partial charge in [-0.2, -0.15) is 0 Å². The molecule has 0 aliphatic rings. The zero-order valence-electron chi connectivity index (χ0n) is 13.1. The van der Waals surface area contributed by atoms with Crippen LogP contribution in [0.3, 0.4) is 0 Å². The average molecular weight is 318 g/mol. The zero-order valence-corrected chi connectivity index (χ0v) is 13.1. The normalized spacial score (nSPS) is 10.8. The summed E-state index contributed by atoms with van der Waals surface area (Å²) in [6, 6.07) is 13.4. The van der Waals surface area contributed by atoms with Gasteiger partial charge in [0.1, 0.15) is 0 Å². The first kappa shape index (κ1) is 17.1. The Hall–Kier alpha value is -2.27. The third kappa shape index (κ3) is 5.45. The fourth-order valence-corrected chi connectivity index (χ4v) is 2.25. The molecular weight excluding hydrogens is 298 g/mol.